The van der Waals surface area contributed by atoms with Crippen LogP contribution in [0.2, 0.25) is 0 Å². The van der Waals surface area contributed by atoms with Gasteiger partial charge < -0.3 is 0 Å². The van der Waals surface area contributed by atoms with E-state index in [9.17, 15) is 0 Å². The topological polar surface area (TPSA) is 43.1 Å². The van der Waals surface area contributed by atoms with Crippen molar-refractivity contribution in [3.63, 3.8) is 0 Å². The smallest absolute Gasteiger partial charge is 0.160 e. The van der Waals surface area contributed by atoms with Gasteiger partial charge in [-0.3, -0.25) is 0 Å². The zero-order chi connectivity index (χ0) is 44.5. The predicted molar refractivity (Wildman–Crippen MR) is 277 cm³/mol. The largest absolute Gasteiger partial charge is 0.231 e. The first kappa shape index (κ1) is 39.6. The molecule has 0 fully saturated rings. The van der Waals surface area contributed by atoms with Crippen molar-refractivity contribution in [3.05, 3.63) is 255 Å². The van der Waals surface area contributed by atoms with Gasteiger partial charge in [0.15, 0.2) is 5.82 Å². The number of pyridine rings is 1. The monoisotopic (exact) mass is 854 g/mol. The van der Waals surface area contributed by atoms with Gasteiger partial charge in [-0.05, 0) is 68.6 Å². The highest BCUT2D eigenvalue weighted by Gasteiger charge is 2.23. The van der Waals surface area contributed by atoms with E-state index in [1.165, 1.54) is 0 Å². The van der Waals surface area contributed by atoms with Crippen molar-refractivity contribution in [1.29, 1.82) is 0 Å². The molecule has 0 spiro atoms. The quantitative estimate of drug-likeness (QED) is 0.145. The first-order valence-electron chi connectivity index (χ1n) is 22.7. The van der Waals surface area contributed by atoms with Gasteiger partial charge in [0.2, 0.25) is 0 Å². The van der Waals surface area contributed by atoms with Crippen LogP contribution >= 0.6 is 0 Å². The van der Waals surface area contributed by atoms with E-state index in [-0.39, 0.29) is 0 Å². The number of fused-ring (bicyclic) bond motifs is 3. The molecule has 0 radical (unpaired) electrons. The van der Waals surface area contributed by atoms with Crippen LogP contribution < -0.4 is 0 Å². The highest BCUT2D eigenvalue weighted by atomic mass is 15.2. The first-order chi connectivity index (χ1) is 33.2. The highest BCUT2D eigenvalue weighted by Crippen LogP contribution is 2.43. The van der Waals surface area contributed by atoms with Crippen molar-refractivity contribution < 1.29 is 0 Å². The van der Waals surface area contributed by atoms with Gasteiger partial charge >= 0.3 is 0 Å². The summed E-state index contributed by atoms with van der Waals surface area (Å²) in [6, 6.07) is 89.9. The van der Waals surface area contributed by atoms with E-state index in [2.05, 4.69) is 259 Å². The van der Waals surface area contributed by atoms with Gasteiger partial charge in [-0.1, -0.05) is 231 Å². The number of aromatic nitrogens is 4. The van der Waals surface area contributed by atoms with Crippen molar-refractivity contribution in [2.45, 2.75) is 0 Å². The van der Waals surface area contributed by atoms with Crippen LogP contribution in [0.25, 0.3) is 117 Å². The number of rotatable bonds is 9. The second-order valence-corrected chi connectivity index (χ2v) is 16.8. The molecule has 314 valence electrons. The maximum Gasteiger partial charge on any atom is 0.160 e. The Labute approximate surface area is 389 Å². The number of hydrogen-bond donors (Lipinski definition) is 0. The van der Waals surface area contributed by atoms with Crippen LogP contribution in [0.3, 0.4) is 0 Å². The molecule has 4 nitrogen and oxygen atoms in total. The van der Waals surface area contributed by atoms with Crippen LogP contribution in [0.1, 0.15) is 0 Å². The third-order valence-electron chi connectivity index (χ3n) is 12.6. The lowest BCUT2D eigenvalue weighted by molar-refractivity contribution is 0.979. The van der Waals surface area contributed by atoms with Crippen molar-refractivity contribution >= 4 is 16.3 Å². The van der Waals surface area contributed by atoms with Gasteiger partial charge in [0.25, 0.3) is 0 Å². The fraction of sp³-hybridized carbons (Fsp3) is 0. The fourth-order valence-corrected chi connectivity index (χ4v) is 9.36. The molecule has 3 aromatic heterocycles. The van der Waals surface area contributed by atoms with Crippen molar-refractivity contribution in [2.75, 3.05) is 0 Å². The van der Waals surface area contributed by atoms with E-state index in [0.29, 0.717) is 5.82 Å². The average Bonchev–Trinajstić information content (AvgIpc) is 3.83. The second kappa shape index (κ2) is 17.2. The molecule has 0 aliphatic heterocycles. The Hall–Kier alpha value is -8.99. The normalized spacial score (nSPS) is 11.3. The van der Waals surface area contributed by atoms with Crippen LogP contribution in [-0.2, 0) is 0 Å². The van der Waals surface area contributed by atoms with E-state index in [1.807, 2.05) is 0 Å². The molecule has 12 rings (SSSR count). The summed E-state index contributed by atoms with van der Waals surface area (Å²) in [7, 11) is 0. The lowest BCUT2D eigenvalue weighted by Gasteiger charge is -2.14. The Balaban J connectivity index is 1.02. The Kier molecular flexibility index (Phi) is 10.2. The van der Waals surface area contributed by atoms with E-state index >= 15 is 0 Å². The van der Waals surface area contributed by atoms with Crippen molar-refractivity contribution in [3.8, 4) is 101 Å². The Bertz CT molecular complexity index is 3600. The molecular weight excluding hydrogens is 813 g/mol. The van der Waals surface area contributed by atoms with Crippen LogP contribution in [0.5, 0.6) is 0 Å². The maximum absolute atomic E-state index is 5.43. The van der Waals surface area contributed by atoms with Crippen LogP contribution in [0, 0.1) is 0 Å². The molecule has 0 N–H and O–H groups in total. The van der Waals surface area contributed by atoms with Crippen LogP contribution in [0.4, 0.5) is 0 Å². The van der Waals surface area contributed by atoms with Crippen molar-refractivity contribution in [1.82, 2.24) is 19.6 Å². The molecule has 0 aliphatic rings. The van der Waals surface area contributed by atoms with E-state index < -0.39 is 0 Å². The summed E-state index contributed by atoms with van der Waals surface area (Å²) in [5.41, 5.74) is 19.0. The van der Waals surface area contributed by atoms with E-state index in [1.54, 1.807) is 0 Å². The molecular formula is C63H42N4. The zero-order valence-electron chi connectivity index (χ0n) is 36.5. The van der Waals surface area contributed by atoms with Gasteiger partial charge in [-0.15, -0.1) is 0 Å². The lowest BCUT2D eigenvalue weighted by atomic mass is 9.93. The molecule has 4 heteroatoms. The van der Waals surface area contributed by atoms with Crippen LogP contribution in [0.15, 0.2) is 255 Å². The summed E-state index contributed by atoms with van der Waals surface area (Å²) in [6.45, 7) is 0. The Morgan fingerprint density at radius 3 is 1.28 bits per heavy atom. The van der Waals surface area contributed by atoms with Gasteiger partial charge in [0, 0.05) is 38.8 Å². The molecule has 0 amide bonds. The fourth-order valence-electron chi connectivity index (χ4n) is 9.36. The maximum atomic E-state index is 5.43. The molecule has 9 aromatic carbocycles. The molecule has 0 saturated carbocycles. The minimum absolute atomic E-state index is 0.667. The third-order valence-corrected chi connectivity index (χ3v) is 12.6. The molecule has 67 heavy (non-hydrogen) atoms. The summed E-state index contributed by atoms with van der Waals surface area (Å²) in [5, 5.41) is 7.71. The van der Waals surface area contributed by atoms with Gasteiger partial charge in [0.05, 0.1) is 22.6 Å². The number of nitrogens with zero attached hydrogens (tertiary/aromatic N) is 4. The molecule has 12 aromatic rings. The molecule has 3 heterocycles. The Morgan fingerprint density at radius 1 is 0.284 bits per heavy atom. The second-order valence-electron chi connectivity index (χ2n) is 16.8. The first-order valence-corrected chi connectivity index (χ1v) is 22.7. The molecule has 0 aliphatic carbocycles. The lowest BCUT2D eigenvalue weighted by Crippen LogP contribution is -1.97. The zero-order valence-corrected chi connectivity index (χ0v) is 36.5. The molecule has 0 bridgehead atoms. The van der Waals surface area contributed by atoms with Gasteiger partial charge in [-0.2, -0.15) is 5.10 Å². The summed E-state index contributed by atoms with van der Waals surface area (Å²) in [5.74, 6) is 0.667. The summed E-state index contributed by atoms with van der Waals surface area (Å²) in [4.78, 5) is 10.6. The minimum atomic E-state index is 0.667. The number of benzene rings is 9. The number of hydrogen-bond acceptors (Lipinski definition) is 3. The minimum Gasteiger partial charge on any atom is -0.231 e. The predicted octanol–water partition coefficient (Wildman–Crippen LogP) is 16.3. The average molecular weight is 855 g/mol. The van der Waals surface area contributed by atoms with Crippen LogP contribution in [-0.4, -0.2) is 19.6 Å². The third kappa shape index (κ3) is 7.57. The van der Waals surface area contributed by atoms with E-state index in [0.717, 1.165) is 111 Å². The van der Waals surface area contributed by atoms with Gasteiger partial charge in [0.1, 0.15) is 5.69 Å². The molecule has 0 unspecified atom stereocenters. The highest BCUT2D eigenvalue weighted by molar-refractivity contribution is 6.12. The van der Waals surface area contributed by atoms with Crippen molar-refractivity contribution in [2.24, 2.45) is 0 Å². The molecule has 0 atom stereocenters. The summed E-state index contributed by atoms with van der Waals surface area (Å²) in [6.07, 6.45) is 0. The SMILES string of the molecule is c1ccc(-c2cccc(-c3cc(-c4cccc(-c5ccccc5)c4)nc(-c4ccc(-c5cccc6c5cc(-c5ccccc5)n5nc(-c7ccccc7)c(-c7ccccc7)c65)cc4)n3)c2)cc1. The summed E-state index contributed by atoms with van der Waals surface area (Å²) < 4.78 is 2.15. The Morgan fingerprint density at radius 2 is 0.731 bits per heavy atom. The van der Waals surface area contributed by atoms with Gasteiger partial charge in [-0.25, -0.2) is 14.5 Å². The van der Waals surface area contributed by atoms with E-state index in [4.69, 9.17) is 15.1 Å². The summed E-state index contributed by atoms with van der Waals surface area (Å²) >= 11 is 0. The molecule has 0 saturated heterocycles. The standard InChI is InChI=1S/C63H42N4/c1-6-19-43(20-7-1)50-29-16-31-52(39-50)57-42-58(53-32-17-30-51(40-53)44-21-8-2-9-22-44)65-63(64-57)49-37-35-45(36-38-49)54-33-18-34-55-56(54)41-59(46-23-10-3-11-24-46)67-62(55)60(47-25-12-4-13-26-47)61(66-67)48-27-14-5-15-28-48/h1-42H.